The highest BCUT2D eigenvalue weighted by Crippen LogP contribution is 2.31. The van der Waals surface area contributed by atoms with Gasteiger partial charge in [0.05, 0.1) is 6.54 Å². The van der Waals surface area contributed by atoms with E-state index in [1.54, 1.807) is 12.5 Å². The van der Waals surface area contributed by atoms with Crippen molar-refractivity contribution in [2.45, 2.75) is 6.10 Å². The lowest BCUT2D eigenvalue weighted by Crippen LogP contribution is -2.39. The van der Waals surface area contributed by atoms with Gasteiger partial charge >= 0.3 is 0 Å². The lowest BCUT2D eigenvalue weighted by atomic mass is 10.2. The largest absolute Gasteiger partial charge is 0.486 e. The van der Waals surface area contributed by atoms with Crippen LogP contribution in [0.5, 0.6) is 11.5 Å². The van der Waals surface area contributed by atoms with Crippen molar-refractivity contribution in [2.24, 2.45) is 0 Å². The summed E-state index contributed by atoms with van der Waals surface area (Å²) in [5.74, 6) is 2.34. The molecule has 0 N–H and O–H groups in total. The molecule has 0 amide bonds. The zero-order valence-corrected chi connectivity index (χ0v) is 12.1. The van der Waals surface area contributed by atoms with Crippen LogP contribution in [-0.4, -0.2) is 45.9 Å². The van der Waals surface area contributed by atoms with Crippen LogP contribution in [0.25, 0.3) is 5.65 Å². The lowest BCUT2D eigenvalue weighted by molar-refractivity contribution is 0.0960. The van der Waals surface area contributed by atoms with Crippen LogP contribution >= 0.6 is 0 Å². The Morgan fingerprint density at radius 3 is 3.09 bits per heavy atom. The Morgan fingerprint density at radius 1 is 1.32 bits per heavy atom. The zero-order chi connectivity index (χ0) is 14.9. The fourth-order valence-corrected chi connectivity index (χ4v) is 2.56. The maximum Gasteiger partial charge on any atom is 0.203 e. The second-order valence-electron chi connectivity index (χ2n) is 5.19. The number of ether oxygens (including phenoxy) is 2. The van der Waals surface area contributed by atoms with E-state index >= 15 is 0 Å². The van der Waals surface area contributed by atoms with Crippen LogP contribution in [0.4, 0.5) is 5.82 Å². The fourth-order valence-electron chi connectivity index (χ4n) is 2.56. The average molecular weight is 297 g/mol. The van der Waals surface area contributed by atoms with Gasteiger partial charge in [0.25, 0.3) is 0 Å². The van der Waals surface area contributed by atoms with Crippen LogP contribution in [0.15, 0.2) is 43.0 Å². The van der Waals surface area contributed by atoms with Crippen molar-refractivity contribution < 1.29 is 9.47 Å². The first-order chi connectivity index (χ1) is 10.8. The minimum atomic E-state index is -0.0649. The van der Waals surface area contributed by atoms with E-state index < -0.39 is 0 Å². The Hall–Kier alpha value is -2.83. The van der Waals surface area contributed by atoms with Crippen molar-refractivity contribution in [1.29, 1.82) is 0 Å². The Balaban J connectivity index is 1.53. The number of anilines is 1. The molecule has 0 saturated heterocycles. The van der Waals surface area contributed by atoms with Gasteiger partial charge in [-0.2, -0.15) is 0 Å². The van der Waals surface area contributed by atoms with Gasteiger partial charge in [-0.25, -0.2) is 4.98 Å². The first-order valence-electron chi connectivity index (χ1n) is 7.05. The van der Waals surface area contributed by atoms with Gasteiger partial charge in [-0.15, -0.1) is 10.2 Å². The van der Waals surface area contributed by atoms with E-state index in [0.717, 1.165) is 23.0 Å². The first-order valence-corrected chi connectivity index (χ1v) is 7.05. The summed E-state index contributed by atoms with van der Waals surface area (Å²) in [6.45, 7) is 1.16. The summed E-state index contributed by atoms with van der Waals surface area (Å²) in [6, 6.07) is 7.70. The molecule has 7 heteroatoms. The molecule has 112 valence electrons. The molecule has 3 aromatic rings. The molecule has 1 aliphatic heterocycles. The molecule has 1 aromatic carbocycles. The summed E-state index contributed by atoms with van der Waals surface area (Å²) in [6.07, 6.45) is 5.15. The summed E-state index contributed by atoms with van der Waals surface area (Å²) < 4.78 is 13.6. The zero-order valence-electron chi connectivity index (χ0n) is 12.1. The van der Waals surface area contributed by atoms with Gasteiger partial charge in [0.2, 0.25) is 5.65 Å². The Morgan fingerprint density at radius 2 is 2.18 bits per heavy atom. The van der Waals surface area contributed by atoms with Gasteiger partial charge < -0.3 is 14.4 Å². The van der Waals surface area contributed by atoms with Gasteiger partial charge in [0.15, 0.2) is 23.4 Å². The second-order valence-corrected chi connectivity index (χ2v) is 5.19. The molecule has 1 atom stereocenters. The van der Waals surface area contributed by atoms with Crippen molar-refractivity contribution in [3.63, 3.8) is 0 Å². The number of fused-ring (bicyclic) bond motifs is 2. The predicted octanol–water partition coefficient (Wildman–Crippen LogP) is 1.40. The third-order valence-corrected chi connectivity index (χ3v) is 3.60. The Kier molecular flexibility index (Phi) is 3.03. The molecule has 0 spiro atoms. The molecule has 3 heterocycles. The molecule has 7 nitrogen and oxygen atoms in total. The monoisotopic (exact) mass is 297 g/mol. The van der Waals surface area contributed by atoms with Crippen LogP contribution in [0.1, 0.15) is 0 Å². The minimum Gasteiger partial charge on any atom is -0.486 e. The highest BCUT2D eigenvalue weighted by molar-refractivity contribution is 5.62. The normalized spacial score (nSPS) is 16.7. The second kappa shape index (κ2) is 5.18. The standard InChI is InChI=1S/C15H15N5O2/c1-19(14-15-18-17-10-20(15)7-6-16-14)8-11-9-21-12-4-2-3-5-13(12)22-11/h2-7,10-11H,8-9H2,1H3/t11-/m0/s1. The molecule has 22 heavy (non-hydrogen) atoms. The third kappa shape index (κ3) is 2.20. The lowest BCUT2D eigenvalue weighted by Gasteiger charge is -2.29. The van der Waals surface area contributed by atoms with Crippen LogP contribution in [0.3, 0.4) is 0 Å². The smallest absolute Gasteiger partial charge is 0.203 e. The number of hydrogen-bond acceptors (Lipinski definition) is 6. The summed E-state index contributed by atoms with van der Waals surface area (Å²) >= 11 is 0. The molecule has 0 fully saturated rings. The highest BCUT2D eigenvalue weighted by atomic mass is 16.6. The van der Waals surface area contributed by atoms with E-state index in [9.17, 15) is 0 Å². The molecule has 0 bridgehead atoms. The van der Waals surface area contributed by atoms with E-state index in [1.807, 2.05) is 46.8 Å². The molecule has 2 aromatic heterocycles. The van der Waals surface area contributed by atoms with Crippen LogP contribution in [0, 0.1) is 0 Å². The quantitative estimate of drug-likeness (QED) is 0.728. The highest BCUT2D eigenvalue weighted by Gasteiger charge is 2.23. The summed E-state index contributed by atoms with van der Waals surface area (Å²) in [5.41, 5.74) is 0.724. The van der Waals surface area contributed by atoms with E-state index in [1.165, 1.54) is 0 Å². The first kappa shape index (κ1) is 12.9. The number of para-hydroxylation sites is 2. The van der Waals surface area contributed by atoms with Crippen molar-refractivity contribution in [3.05, 3.63) is 43.0 Å². The summed E-state index contributed by atoms with van der Waals surface area (Å²) in [4.78, 5) is 6.40. The van der Waals surface area contributed by atoms with Crippen molar-refractivity contribution in [1.82, 2.24) is 19.6 Å². The van der Waals surface area contributed by atoms with Crippen molar-refractivity contribution in [2.75, 3.05) is 25.1 Å². The van der Waals surface area contributed by atoms with E-state index in [4.69, 9.17) is 9.47 Å². The Bertz CT molecular complexity index is 803. The number of hydrogen-bond donors (Lipinski definition) is 0. The predicted molar refractivity (Wildman–Crippen MR) is 80.4 cm³/mol. The number of aromatic nitrogens is 4. The SMILES string of the molecule is CN(C[C@H]1COc2ccccc2O1)c1nccn2cnnc12. The van der Waals surface area contributed by atoms with Crippen LogP contribution < -0.4 is 14.4 Å². The van der Waals surface area contributed by atoms with E-state index in [2.05, 4.69) is 15.2 Å². The molecular formula is C15H15N5O2. The number of likely N-dealkylation sites (N-methyl/N-ethyl adjacent to an activating group) is 1. The maximum atomic E-state index is 5.98. The van der Waals surface area contributed by atoms with Gasteiger partial charge in [-0.05, 0) is 12.1 Å². The van der Waals surface area contributed by atoms with Gasteiger partial charge in [0, 0.05) is 19.4 Å². The third-order valence-electron chi connectivity index (χ3n) is 3.60. The molecule has 0 saturated carbocycles. The Labute approximate surface area is 127 Å². The number of benzene rings is 1. The average Bonchev–Trinajstić information content (AvgIpc) is 3.03. The maximum absolute atomic E-state index is 5.98. The van der Waals surface area contributed by atoms with Gasteiger partial charge in [0.1, 0.15) is 12.9 Å². The minimum absolute atomic E-state index is 0.0649. The van der Waals surface area contributed by atoms with Crippen molar-refractivity contribution >= 4 is 11.5 Å². The fraction of sp³-hybridized carbons (Fsp3) is 0.267. The van der Waals surface area contributed by atoms with E-state index in [0.29, 0.717) is 13.2 Å². The molecule has 0 unspecified atom stereocenters. The number of rotatable bonds is 3. The number of nitrogens with zero attached hydrogens (tertiary/aromatic N) is 5. The molecule has 1 aliphatic rings. The van der Waals surface area contributed by atoms with Gasteiger partial charge in [-0.1, -0.05) is 12.1 Å². The molecule has 4 rings (SSSR count). The van der Waals surface area contributed by atoms with Crippen LogP contribution in [-0.2, 0) is 0 Å². The van der Waals surface area contributed by atoms with E-state index in [-0.39, 0.29) is 6.10 Å². The summed E-state index contributed by atoms with van der Waals surface area (Å²) in [7, 11) is 1.96. The topological polar surface area (TPSA) is 64.8 Å². The van der Waals surface area contributed by atoms with Gasteiger partial charge in [-0.3, -0.25) is 4.40 Å². The van der Waals surface area contributed by atoms with Crippen molar-refractivity contribution in [3.8, 4) is 11.5 Å². The molecule has 0 aliphatic carbocycles. The molecule has 0 radical (unpaired) electrons. The molecular weight excluding hydrogens is 282 g/mol. The van der Waals surface area contributed by atoms with Crippen LogP contribution in [0.2, 0.25) is 0 Å². The summed E-state index contributed by atoms with van der Waals surface area (Å²) in [5, 5.41) is 8.02.